The van der Waals surface area contributed by atoms with Gasteiger partial charge in [0, 0.05) is 6.04 Å². The number of nitrogen functional groups attached to an aromatic ring is 1. The number of nitriles is 1. The number of rotatable bonds is 7. The summed E-state index contributed by atoms with van der Waals surface area (Å²) < 4.78 is 13.0. The summed E-state index contributed by atoms with van der Waals surface area (Å²) in [6, 6.07) is 15.2. The first-order valence-corrected chi connectivity index (χ1v) is 10.1. The topological polar surface area (TPSA) is 142 Å². The first kappa shape index (κ1) is 20.8. The van der Waals surface area contributed by atoms with E-state index in [0.717, 1.165) is 5.56 Å². The first-order chi connectivity index (χ1) is 15.0. The van der Waals surface area contributed by atoms with Crippen LogP contribution in [0.3, 0.4) is 0 Å². The monoisotopic (exact) mass is 420 g/mol. The molecule has 3 heterocycles. The molecule has 1 aromatic carbocycles. The van der Waals surface area contributed by atoms with Gasteiger partial charge in [-0.1, -0.05) is 30.3 Å². The number of hydrogen-bond acceptors (Lipinski definition) is 8. The number of carbonyl (C=O) groups excluding carboxylic acids is 1. The van der Waals surface area contributed by atoms with Crippen molar-refractivity contribution in [3.05, 3.63) is 60.0 Å². The Hall–Kier alpha value is -3.48. The fourth-order valence-electron chi connectivity index (χ4n) is 3.92. The van der Waals surface area contributed by atoms with Gasteiger partial charge in [-0.3, -0.25) is 4.79 Å². The fraction of sp³-hybridized carbons (Fsp3) is 0.364. The van der Waals surface area contributed by atoms with Crippen LogP contribution in [0.5, 0.6) is 0 Å². The number of carbonyl (C=O) groups is 1. The van der Waals surface area contributed by atoms with Crippen LogP contribution in [0.25, 0.3) is 5.52 Å². The Kier molecular flexibility index (Phi) is 5.84. The zero-order chi connectivity index (χ0) is 21.8. The quantitative estimate of drug-likeness (QED) is 0.550. The van der Waals surface area contributed by atoms with Gasteiger partial charge in [-0.2, -0.15) is 10.4 Å². The summed E-state index contributed by atoms with van der Waals surface area (Å²) in [4.78, 5) is 16.2. The van der Waals surface area contributed by atoms with Gasteiger partial charge in [0.25, 0.3) is 0 Å². The van der Waals surface area contributed by atoms with Crippen LogP contribution in [0.1, 0.15) is 30.5 Å². The summed E-state index contributed by atoms with van der Waals surface area (Å²) in [5, 5.41) is 14.1. The Morgan fingerprint density at radius 3 is 2.94 bits per heavy atom. The minimum Gasteiger partial charge on any atom is -0.463 e. The highest BCUT2D eigenvalue weighted by molar-refractivity contribution is 5.70. The lowest BCUT2D eigenvalue weighted by Gasteiger charge is -2.21. The van der Waals surface area contributed by atoms with Crippen LogP contribution >= 0.6 is 0 Å². The average molecular weight is 420 g/mol. The van der Waals surface area contributed by atoms with E-state index in [1.165, 1.54) is 6.33 Å². The zero-order valence-corrected chi connectivity index (χ0v) is 17.0. The average Bonchev–Trinajstić information content (AvgIpc) is 3.39. The van der Waals surface area contributed by atoms with Crippen LogP contribution in [0.2, 0.25) is 0 Å². The van der Waals surface area contributed by atoms with E-state index in [2.05, 4.69) is 16.2 Å². The third kappa shape index (κ3) is 4.35. The maximum Gasteiger partial charge on any atom is 0.307 e. The molecule has 1 saturated heterocycles. The molecule has 1 fully saturated rings. The Bertz CT molecular complexity index is 1110. The molecule has 3 unspecified atom stereocenters. The highest BCUT2D eigenvalue weighted by Gasteiger charge is 2.45. The van der Waals surface area contributed by atoms with Crippen molar-refractivity contribution in [1.82, 2.24) is 14.6 Å². The van der Waals surface area contributed by atoms with Crippen LogP contribution in [-0.2, 0) is 26.3 Å². The van der Waals surface area contributed by atoms with Gasteiger partial charge in [0.05, 0.1) is 18.2 Å². The van der Waals surface area contributed by atoms with Crippen molar-refractivity contribution < 1.29 is 14.3 Å². The van der Waals surface area contributed by atoms with Gasteiger partial charge in [0.2, 0.25) is 0 Å². The van der Waals surface area contributed by atoms with Crippen LogP contribution in [0.15, 0.2) is 48.8 Å². The predicted octanol–water partition coefficient (Wildman–Crippen LogP) is 1.71. The van der Waals surface area contributed by atoms with Crippen molar-refractivity contribution in [1.29, 1.82) is 5.26 Å². The molecule has 9 nitrogen and oxygen atoms in total. The Balaban J connectivity index is 1.34. The van der Waals surface area contributed by atoms with Gasteiger partial charge in [-0.05, 0) is 37.0 Å². The molecule has 0 bridgehead atoms. The van der Waals surface area contributed by atoms with Gasteiger partial charge in [0.15, 0.2) is 11.4 Å². The molecule has 0 saturated carbocycles. The second-order valence-electron chi connectivity index (χ2n) is 7.72. The summed E-state index contributed by atoms with van der Waals surface area (Å²) in [6.07, 6.45) is 2.69. The van der Waals surface area contributed by atoms with Crippen molar-refractivity contribution in [2.75, 3.05) is 12.3 Å². The molecule has 0 radical (unpaired) electrons. The van der Waals surface area contributed by atoms with Crippen LogP contribution in [-0.4, -0.2) is 39.3 Å². The second kappa shape index (κ2) is 8.71. The molecule has 1 aliphatic heterocycles. The summed E-state index contributed by atoms with van der Waals surface area (Å²) >= 11 is 0. The Morgan fingerprint density at radius 2 is 2.16 bits per heavy atom. The van der Waals surface area contributed by atoms with Gasteiger partial charge < -0.3 is 20.9 Å². The van der Waals surface area contributed by atoms with E-state index >= 15 is 0 Å². The van der Waals surface area contributed by atoms with Crippen molar-refractivity contribution >= 4 is 17.3 Å². The normalized spacial score (nSPS) is 21.6. The molecule has 160 valence electrons. The highest BCUT2D eigenvalue weighted by atomic mass is 16.6. The summed E-state index contributed by atoms with van der Waals surface area (Å²) in [5.41, 5.74) is 13.0. The van der Waals surface area contributed by atoms with E-state index in [4.69, 9.17) is 20.9 Å². The van der Waals surface area contributed by atoms with Crippen LogP contribution in [0, 0.1) is 11.3 Å². The number of anilines is 1. The number of aromatic nitrogens is 3. The second-order valence-corrected chi connectivity index (χ2v) is 7.72. The number of esters is 1. The molecule has 9 heteroatoms. The summed E-state index contributed by atoms with van der Waals surface area (Å²) in [6.45, 7) is 0.0702. The van der Waals surface area contributed by atoms with Gasteiger partial charge in [-0.15, -0.1) is 0 Å². The lowest BCUT2D eigenvalue weighted by atomic mass is 9.98. The first-order valence-electron chi connectivity index (χ1n) is 10.1. The van der Waals surface area contributed by atoms with E-state index < -0.39 is 11.7 Å². The SMILES string of the molecule is N#CC1(c2ccc3c(N)ncnn23)CCC(COC(=O)CC(N)Cc2ccccc2)O1. The Morgan fingerprint density at radius 1 is 1.35 bits per heavy atom. The lowest BCUT2D eigenvalue weighted by Crippen LogP contribution is -2.30. The van der Waals surface area contributed by atoms with Crippen LogP contribution in [0.4, 0.5) is 5.82 Å². The molecular formula is C22H24N6O3. The smallest absolute Gasteiger partial charge is 0.307 e. The van der Waals surface area contributed by atoms with Gasteiger partial charge >= 0.3 is 5.97 Å². The van der Waals surface area contributed by atoms with E-state index in [1.54, 1.807) is 16.6 Å². The molecule has 0 aliphatic carbocycles. The fourth-order valence-corrected chi connectivity index (χ4v) is 3.92. The molecule has 0 spiro atoms. The van der Waals surface area contributed by atoms with Crippen LogP contribution < -0.4 is 11.5 Å². The zero-order valence-electron chi connectivity index (χ0n) is 17.0. The maximum absolute atomic E-state index is 12.2. The minimum absolute atomic E-state index is 0.0702. The number of benzene rings is 1. The van der Waals surface area contributed by atoms with Gasteiger partial charge in [-0.25, -0.2) is 9.50 Å². The molecule has 31 heavy (non-hydrogen) atoms. The van der Waals surface area contributed by atoms with E-state index in [0.29, 0.717) is 36.3 Å². The van der Waals surface area contributed by atoms with Crippen molar-refractivity contribution in [3.63, 3.8) is 0 Å². The third-order valence-corrected chi connectivity index (χ3v) is 5.46. The summed E-state index contributed by atoms with van der Waals surface area (Å²) in [5.74, 6) is -0.0557. The summed E-state index contributed by atoms with van der Waals surface area (Å²) in [7, 11) is 0. The number of ether oxygens (including phenoxy) is 2. The molecule has 2 aromatic heterocycles. The maximum atomic E-state index is 12.2. The number of fused-ring (bicyclic) bond motifs is 1. The lowest BCUT2D eigenvalue weighted by molar-refractivity contribution is -0.149. The molecular weight excluding hydrogens is 396 g/mol. The van der Waals surface area contributed by atoms with E-state index in [-0.39, 0.29) is 25.0 Å². The number of nitrogens with two attached hydrogens (primary N) is 2. The third-order valence-electron chi connectivity index (χ3n) is 5.46. The highest BCUT2D eigenvalue weighted by Crippen LogP contribution is 2.39. The van der Waals surface area contributed by atoms with E-state index in [1.807, 2.05) is 30.3 Å². The molecule has 3 aromatic rings. The van der Waals surface area contributed by atoms with E-state index in [9.17, 15) is 10.1 Å². The molecule has 4 rings (SSSR count). The van der Waals surface area contributed by atoms with Gasteiger partial charge in [0.1, 0.15) is 24.5 Å². The molecule has 3 atom stereocenters. The van der Waals surface area contributed by atoms with Crippen molar-refractivity contribution in [2.24, 2.45) is 5.73 Å². The standard InChI is InChI=1S/C22H24N6O3/c23-13-22(19-7-6-18-21(25)26-14-27-28(18)19)9-8-17(31-22)12-30-20(29)11-16(24)10-15-4-2-1-3-5-15/h1-7,14,16-17H,8-12,24H2,(H2,25,26,27). The number of hydrogen-bond donors (Lipinski definition) is 2. The molecule has 1 aliphatic rings. The predicted molar refractivity (Wildman–Crippen MR) is 112 cm³/mol. The Labute approximate surface area is 179 Å². The molecule has 0 amide bonds. The molecule has 4 N–H and O–H groups in total. The van der Waals surface area contributed by atoms with Crippen molar-refractivity contribution in [3.8, 4) is 6.07 Å². The number of nitrogens with zero attached hydrogens (tertiary/aromatic N) is 4. The largest absolute Gasteiger partial charge is 0.463 e. The van der Waals surface area contributed by atoms with Crippen molar-refractivity contribution in [2.45, 2.75) is 43.4 Å². The minimum atomic E-state index is -1.19.